The summed E-state index contributed by atoms with van der Waals surface area (Å²) in [7, 11) is 1.20. The van der Waals surface area contributed by atoms with Gasteiger partial charge in [-0.2, -0.15) is 10.5 Å². The van der Waals surface area contributed by atoms with Gasteiger partial charge in [-0.05, 0) is 42.5 Å². The summed E-state index contributed by atoms with van der Waals surface area (Å²) in [6.07, 6.45) is 0. The lowest BCUT2D eigenvalue weighted by atomic mass is 10.1. The first-order chi connectivity index (χ1) is 16.2. The maximum absolute atomic E-state index is 14.1. The molecule has 0 aromatic heterocycles. The molecule has 7 nitrogen and oxygen atoms in total. The molecule has 0 fully saturated rings. The van der Waals surface area contributed by atoms with Crippen LogP contribution >= 0.6 is 0 Å². The molecule has 3 aromatic rings. The second-order valence-corrected chi connectivity index (χ2v) is 6.68. The second kappa shape index (κ2) is 9.71. The van der Waals surface area contributed by atoms with Crippen LogP contribution in [-0.4, -0.2) is 18.9 Å². The number of hydrogen-bond acceptors (Lipinski definition) is 5. The first kappa shape index (κ1) is 23.8. The molecule has 0 bridgehead atoms. The van der Waals surface area contributed by atoms with Gasteiger partial charge in [-0.1, -0.05) is 0 Å². The van der Waals surface area contributed by atoms with Crippen LogP contribution in [0.2, 0.25) is 0 Å². The highest BCUT2D eigenvalue weighted by atomic mass is 19.1. The van der Waals surface area contributed by atoms with Crippen molar-refractivity contribution in [3.8, 4) is 17.9 Å². The molecule has 0 aliphatic carbocycles. The van der Waals surface area contributed by atoms with Crippen molar-refractivity contribution in [3.05, 3.63) is 88.0 Å². The van der Waals surface area contributed by atoms with E-state index in [1.807, 2.05) is 10.6 Å². The lowest BCUT2D eigenvalue weighted by molar-refractivity contribution is 0.102. The van der Waals surface area contributed by atoms with Gasteiger partial charge in [-0.15, -0.1) is 0 Å². The zero-order valence-corrected chi connectivity index (χ0v) is 17.2. The van der Waals surface area contributed by atoms with Gasteiger partial charge in [0, 0.05) is 5.56 Å². The number of hydrogen-bond donors (Lipinski definition) is 2. The fourth-order valence-electron chi connectivity index (χ4n) is 2.91. The van der Waals surface area contributed by atoms with Crippen LogP contribution in [0, 0.1) is 45.9 Å². The highest BCUT2D eigenvalue weighted by Crippen LogP contribution is 2.26. The van der Waals surface area contributed by atoms with Crippen molar-refractivity contribution in [1.29, 1.82) is 10.5 Å². The number of ether oxygens (including phenoxy) is 1. The minimum absolute atomic E-state index is 0.0701. The van der Waals surface area contributed by atoms with Crippen molar-refractivity contribution in [2.24, 2.45) is 0 Å². The van der Waals surface area contributed by atoms with Gasteiger partial charge >= 0.3 is 0 Å². The van der Waals surface area contributed by atoms with Gasteiger partial charge in [-0.25, -0.2) is 17.6 Å². The van der Waals surface area contributed by atoms with Crippen molar-refractivity contribution in [1.82, 2.24) is 0 Å². The van der Waals surface area contributed by atoms with E-state index >= 15 is 0 Å². The van der Waals surface area contributed by atoms with Crippen molar-refractivity contribution in [2.45, 2.75) is 0 Å². The first-order valence-corrected chi connectivity index (χ1v) is 9.27. The summed E-state index contributed by atoms with van der Waals surface area (Å²) in [4.78, 5) is 25.2. The lowest BCUT2D eigenvalue weighted by Crippen LogP contribution is -2.18. The van der Waals surface area contributed by atoms with Crippen LogP contribution in [0.25, 0.3) is 0 Å². The summed E-state index contributed by atoms with van der Waals surface area (Å²) in [5.74, 6) is -6.95. The van der Waals surface area contributed by atoms with Crippen LogP contribution in [0.4, 0.5) is 28.9 Å². The molecule has 0 radical (unpaired) electrons. The highest BCUT2D eigenvalue weighted by Gasteiger charge is 2.21. The van der Waals surface area contributed by atoms with Crippen molar-refractivity contribution in [3.63, 3.8) is 0 Å². The molecule has 2 N–H and O–H groups in total. The molecule has 0 heterocycles. The van der Waals surface area contributed by atoms with Gasteiger partial charge in [0.05, 0.1) is 35.9 Å². The quantitative estimate of drug-likeness (QED) is 0.535. The molecule has 3 rings (SSSR count). The maximum Gasteiger partial charge on any atom is 0.259 e. The number of carbonyl (C=O) groups is 2. The molecular weight excluding hydrogens is 456 g/mol. The van der Waals surface area contributed by atoms with Crippen molar-refractivity contribution >= 4 is 23.2 Å². The number of carbonyl (C=O) groups excluding carboxylic acids is 2. The molecule has 0 aliphatic heterocycles. The smallest absolute Gasteiger partial charge is 0.259 e. The normalized spacial score (nSPS) is 10.1. The van der Waals surface area contributed by atoms with Crippen LogP contribution < -0.4 is 15.4 Å². The van der Waals surface area contributed by atoms with E-state index in [-0.39, 0.29) is 28.0 Å². The van der Waals surface area contributed by atoms with E-state index in [4.69, 9.17) is 15.3 Å². The number of methoxy groups -OCH3 is 1. The SMILES string of the molecule is COc1ccc(C(=O)Nc2c(F)cc(C#N)cc2F)cc1C(=O)Nc1c(F)cc(C#N)cc1F. The Kier molecular flexibility index (Phi) is 6.78. The van der Waals surface area contributed by atoms with Crippen molar-refractivity contribution < 1.29 is 31.9 Å². The number of nitrogens with one attached hydrogen (secondary N) is 2. The van der Waals surface area contributed by atoms with Gasteiger partial charge in [0.15, 0.2) is 23.3 Å². The molecule has 0 saturated carbocycles. The van der Waals surface area contributed by atoms with E-state index < -0.39 is 46.5 Å². The number of benzene rings is 3. The molecule has 2 amide bonds. The molecule has 170 valence electrons. The predicted molar refractivity (Wildman–Crippen MR) is 111 cm³/mol. The zero-order chi connectivity index (χ0) is 25.0. The molecule has 3 aromatic carbocycles. The van der Waals surface area contributed by atoms with Crippen LogP contribution in [0.1, 0.15) is 31.8 Å². The maximum atomic E-state index is 14.1. The van der Waals surface area contributed by atoms with Gasteiger partial charge in [-0.3, -0.25) is 9.59 Å². The number of amides is 2. The summed E-state index contributed by atoms with van der Waals surface area (Å²) in [5, 5.41) is 21.5. The topological polar surface area (TPSA) is 115 Å². The Morgan fingerprint density at radius 3 is 1.62 bits per heavy atom. The standard InChI is InChI=1S/C23H12F4N4O3/c1-34-19-3-2-13(22(32)30-20-15(24)4-11(9-28)5-16(20)25)8-14(19)23(33)31-21-17(26)6-12(10-29)7-18(21)27/h2-8H,1H3,(H,30,32)(H,31,33). The Labute approximate surface area is 189 Å². The third-order valence-corrected chi connectivity index (χ3v) is 4.53. The van der Waals surface area contributed by atoms with Crippen LogP contribution in [0.15, 0.2) is 42.5 Å². The van der Waals surface area contributed by atoms with E-state index in [9.17, 15) is 27.2 Å². The fourth-order valence-corrected chi connectivity index (χ4v) is 2.91. The lowest BCUT2D eigenvalue weighted by Gasteiger charge is -2.13. The third kappa shape index (κ3) is 4.79. The monoisotopic (exact) mass is 468 g/mol. The van der Waals surface area contributed by atoms with E-state index in [2.05, 4.69) is 0 Å². The van der Waals surface area contributed by atoms with Gasteiger partial charge in [0.2, 0.25) is 0 Å². The Hall–Kier alpha value is -4.90. The fraction of sp³-hybridized carbons (Fsp3) is 0.0435. The van der Waals surface area contributed by atoms with E-state index in [1.165, 1.54) is 19.2 Å². The Morgan fingerprint density at radius 1 is 0.765 bits per heavy atom. The molecule has 0 spiro atoms. The number of anilines is 2. The highest BCUT2D eigenvalue weighted by molar-refractivity contribution is 6.10. The average Bonchev–Trinajstić information content (AvgIpc) is 2.82. The second-order valence-electron chi connectivity index (χ2n) is 6.68. The zero-order valence-electron chi connectivity index (χ0n) is 17.2. The number of rotatable bonds is 5. The molecule has 0 saturated heterocycles. The molecule has 0 unspecified atom stereocenters. The minimum Gasteiger partial charge on any atom is -0.496 e. The molecule has 0 atom stereocenters. The Balaban J connectivity index is 1.92. The summed E-state index contributed by atoms with van der Waals surface area (Å²) in [6.45, 7) is 0. The van der Waals surface area contributed by atoms with Gasteiger partial charge in [0.1, 0.15) is 17.1 Å². The number of nitrogens with zero attached hydrogens (tertiary/aromatic N) is 2. The molecular formula is C23H12F4N4O3. The van der Waals surface area contributed by atoms with Crippen LogP contribution in [-0.2, 0) is 0 Å². The predicted octanol–water partition coefficient (Wildman–Crippen LogP) is 4.50. The van der Waals surface area contributed by atoms with Crippen LogP contribution in [0.5, 0.6) is 5.75 Å². The average molecular weight is 468 g/mol. The van der Waals surface area contributed by atoms with Gasteiger partial charge in [0.25, 0.3) is 11.8 Å². The summed E-state index contributed by atoms with van der Waals surface area (Å²) in [5.41, 5.74) is -2.80. The summed E-state index contributed by atoms with van der Waals surface area (Å²) < 4.78 is 61.5. The van der Waals surface area contributed by atoms with E-state index in [0.29, 0.717) is 0 Å². The molecule has 11 heteroatoms. The third-order valence-electron chi connectivity index (χ3n) is 4.53. The minimum atomic E-state index is -1.20. The van der Waals surface area contributed by atoms with E-state index in [0.717, 1.165) is 30.3 Å². The molecule has 0 aliphatic rings. The van der Waals surface area contributed by atoms with Gasteiger partial charge < -0.3 is 15.4 Å². The Morgan fingerprint density at radius 2 is 1.21 bits per heavy atom. The molecule has 34 heavy (non-hydrogen) atoms. The number of halogens is 4. The Bertz CT molecular complexity index is 1360. The van der Waals surface area contributed by atoms with Crippen LogP contribution in [0.3, 0.4) is 0 Å². The number of nitriles is 2. The van der Waals surface area contributed by atoms with Crippen molar-refractivity contribution in [2.75, 3.05) is 17.7 Å². The largest absolute Gasteiger partial charge is 0.496 e. The summed E-state index contributed by atoms with van der Waals surface area (Å²) >= 11 is 0. The van der Waals surface area contributed by atoms with E-state index in [1.54, 1.807) is 12.1 Å². The first-order valence-electron chi connectivity index (χ1n) is 9.27. The summed E-state index contributed by atoms with van der Waals surface area (Å²) in [6, 6.07) is 9.41.